The van der Waals surface area contributed by atoms with E-state index in [0.29, 0.717) is 5.17 Å². The summed E-state index contributed by atoms with van der Waals surface area (Å²) in [4.78, 5) is 4.62. The first kappa shape index (κ1) is 9.21. The van der Waals surface area contributed by atoms with Crippen molar-refractivity contribution in [3.05, 3.63) is 0 Å². The standard InChI is InChI=1S/C9H16N2OS/c13-9-11(6-7-12-9)8-10-4-2-1-3-5-10/h1-8H2. The van der Waals surface area contributed by atoms with Gasteiger partial charge in [-0.3, -0.25) is 4.90 Å². The molecular formula is C9H16N2OS. The molecule has 0 saturated carbocycles. The molecule has 2 aliphatic heterocycles. The molecule has 0 amide bonds. The molecule has 0 aromatic carbocycles. The molecule has 0 unspecified atom stereocenters. The van der Waals surface area contributed by atoms with Gasteiger partial charge in [0.2, 0.25) is 0 Å². The SMILES string of the molecule is S=C1OCCN1CN1CCCCC1. The second-order valence-corrected chi connectivity index (χ2v) is 4.05. The predicted molar refractivity (Wildman–Crippen MR) is 55.5 cm³/mol. The Labute approximate surface area is 84.6 Å². The van der Waals surface area contributed by atoms with Gasteiger partial charge in [-0.1, -0.05) is 6.42 Å². The highest BCUT2D eigenvalue weighted by Crippen LogP contribution is 2.11. The van der Waals surface area contributed by atoms with Crippen LogP contribution in [0.1, 0.15) is 19.3 Å². The van der Waals surface area contributed by atoms with Crippen LogP contribution in [0, 0.1) is 0 Å². The van der Waals surface area contributed by atoms with Crippen molar-refractivity contribution < 1.29 is 4.74 Å². The lowest BCUT2D eigenvalue weighted by Crippen LogP contribution is -2.40. The Hall–Kier alpha value is -0.350. The van der Waals surface area contributed by atoms with E-state index in [-0.39, 0.29) is 0 Å². The van der Waals surface area contributed by atoms with Gasteiger partial charge in [-0.05, 0) is 38.1 Å². The lowest BCUT2D eigenvalue weighted by atomic mass is 10.1. The predicted octanol–water partition coefficient (Wildman–Crippen LogP) is 1.05. The summed E-state index contributed by atoms with van der Waals surface area (Å²) in [5, 5.41) is 0.686. The van der Waals surface area contributed by atoms with E-state index in [1.54, 1.807) is 0 Å². The van der Waals surface area contributed by atoms with Gasteiger partial charge in [0.05, 0.1) is 13.2 Å². The van der Waals surface area contributed by atoms with Crippen LogP contribution in [0.3, 0.4) is 0 Å². The first-order valence-corrected chi connectivity index (χ1v) is 5.41. The number of hydrogen-bond donors (Lipinski definition) is 0. The first-order chi connectivity index (χ1) is 6.36. The molecule has 0 spiro atoms. The summed E-state index contributed by atoms with van der Waals surface area (Å²) in [6, 6.07) is 0. The Morgan fingerprint density at radius 3 is 2.54 bits per heavy atom. The molecular weight excluding hydrogens is 184 g/mol. The molecule has 2 aliphatic rings. The molecule has 2 heterocycles. The second-order valence-electron chi connectivity index (χ2n) is 3.70. The molecule has 0 N–H and O–H groups in total. The van der Waals surface area contributed by atoms with Gasteiger partial charge in [-0.15, -0.1) is 0 Å². The van der Waals surface area contributed by atoms with Gasteiger partial charge in [-0.2, -0.15) is 0 Å². The molecule has 0 aromatic rings. The normalized spacial score (nSPS) is 24.9. The van der Waals surface area contributed by atoms with E-state index in [1.807, 2.05) is 0 Å². The lowest BCUT2D eigenvalue weighted by molar-refractivity contribution is 0.167. The number of ether oxygens (including phenoxy) is 1. The fraction of sp³-hybridized carbons (Fsp3) is 0.889. The Kier molecular flexibility index (Phi) is 3.01. The van der Waals surface area contributed by atoms with Gasteiger partial charge >= 0.3 is 0 Å². The zero-order valence-electron chi connectivity index (χ0n) is 7.87. The topological polar surface area (TPSA) is 15.7 Å². The molecule has 2 rings (SSSR count). The molecule has 2 saturated heterocycles. The highest BCUT2D eigenvalue weighted by molar-refractivity contribution is 7.80. The molecule has 2 fully saturated rings. The minimum absolute atomic E-state index is 0.686. The van der Waals surface area contributed by atoms with Crippen LogP contribution in [0.15, 0.2) is 0 Å². The summed E-state index contributed by atoms with van der Waals surface area (Å²) in [5.41, 5.74) is 0. The van der Waals surface area contributed by atoms with E-state index >= 15 is 0 Å². The maximum absolute atomic E-state index is 5.24. The third kappa shape index (κ3) is 2.31. The van der Waals surface area contributed by atoms with Crippen LogP contribution in [0.25, 0.3) is 0 Å². The van der Waals surface area contributed by atoms with Crippen molar-refractivity contribution in [2.45, 2.75) is 19.3 Å². The zero-order chi connectivity index (χ0) is 9.10. The fourth-order valence-corrected chi connectivity index (χ4v) is 2.13. The van der Waals surface area contributed by atoms with Gasteiger partial charge in [0.1, 0.15) is 6.61 Å². The summed E-state index contributed by atoms with van der Waals surface area (Å²) in [6.45, 7) is 5.15. The lowest BCUT2D eigenvalue weighted by Gasteiger charge is -2.30. The van der Waals surface area contributed by atoms with Crippen molar-refractivity contribution in [2.75, 3.05) is 32.9 Å². The molecule has 0 aliphatic carbocycles. The molecule has 0 atom stereocenters. The van der Waals surface area contributed by atoms with E-state index in [9.17, 15) is 0 Å². The van der Waals surface area contributed by atoms with Crippen LogP contribution >= 0.6 is 12.2 Å². The minimum Gasteiger partial charge on any atom is -0.469 e. The third-order valence-electron chi connectivity index (χ3n) is 2.66. The van der Waals surface area contributed by atoms with Crippen molar-refractivity contribution >= 4 is 17.4 Å². The maximum Gasteiger partial charge on any atom is 0.260 e. The Morgan fingerprint density at radius 1 is 1.15 bits per heavy atom. The van der Waals surface area contributed by atoms with Gasteiger partial charge in [0.25, 0.3) is 5.17 Å². The van der Waals surface area contributed by atoms with Crippen LogP contribution in [0.5, 0.6) is 0 Å². The van der Waals surface area contributed by atoms with Crippen molar-refractivity contribution in [2.24, 2.45) is 0 Å². The molecule has 74 valence electrons. The molecule has 13 heavy (non-hydrogen) atoms. The van der Waals surface area contributed by atoms with Crippen LogP contribution in [0.4, 0.5) is 0 Å². The Bertz CT molecular complexity index is 192. The Balaban J connectivity index is 1.79. The number of hydrogen-bond acceptors (Lipinski definition) is 3. The van der Waals surface area contributed by atoms with Crippen molar-refractivity contribution in [1.82, 2.24) is 9.80 Å². The van der Waals surface area contributed by atoms with E-state index in [4.69, 9.17) is 17.0 Å². The van der Waals surface area contributed by atoms with Crippen LogP contribution < -0.4 is 0 Å². The maximum atomic E-state index is 5.24. The van der Waals surface area contributed by atoms with Crippen LogP contribution in [0.2, 0.25) is 0 Å². The van der Waals surface area contributed by atoms with E-state index < -0.39 is 0 Å². The number of nitrogens with zero attached hydrogens (tertiary/aromatic N) is 2. The van der Waals surface area contributed by atoms with E-state index in [0.717, 1.165) is 19.8 Å². The van der Waals surface area contributed by atoms with E-state index in [1.165, 1.54) is 32.4 Å². The average molecular weight is 200 g/mol. The van der Waals surface area contributed by atoms with Gasteiger partial charge < -0.3 is 9.64 Å². The monoisotopic (exact) mass is 200 g/mol. The summed E-state index contributed by atoms with van der Waals surface area (Å²) < 4.78 is 5.24. The second kappa shape index (κ2) is 4.24. The third-order valence-corrected chi connectivity index (χ3v) is 3.04. The van der Waals surface area contributed by atoms with Gasteiger partial charge in [0, 0.05) is 0 Å². The smallest absolute Gasteiger partial charge is 0.260 e. The van der Waals surface area contributed by atoms with Gasteiger partial charge in [-0.25, -0.2) is 0 Å². The quantitative estimate of drug-likeness (QED) is 0.619. The molecule has 4 heteroatoms. The van der Waals surface area contributed by atoms with Gasteiger partial charge in [0.15, 0.2) is 0 Å². The van der Waals surface area contributed by atoms with E-state index in [2.05, 4.69) is 9.80 Å². The molecule has 0 radical (unpaired) electrons. The summed E-state index contributed by atoms with van der Waals surface area (Å²) in [6.07, 6.45) is 4.06. The number of thiocarbonyl (C=S) groups is 1. The van der Waals surface area contributed by atoms with Crippen molar-refractivity contribution in [3.8, 4) is 0 Å². The largest absolute Gasteiger partial charge is 0.469 e. The number of piperidine rings is 1. The number of likely N-dealkylation sites (tertiary alicyclic amines) is 1. The highest BCUT2D eigenvalue weighted by atomic mass is 32.1. The average Bonchev–Trinajstić information content (AvgIpc) is 2.54. The summed E-state index contributed by atoms with van der Waals surface area (Å²) >= 11 is 5.09. The molecule has 0 bridgehead atoms. The van der Waals surface area contributed by atoms with Crippen LogP contribution in [-0.4, -0.2) is 47.9 Å². The van der Waals surface area contributed by atoms with Crippen molar-refractivity contribution in [3.63, 3.8) is 0 Å². The number of rotatable bonds is 2. The van der Waals surface area contributed by atoms with Crippen molar-refractivity contribution in [1.29, 1.82) is 0 Å². The van der Waals surface area contributed by atoms with Crippen LogP contribution in [-0.2, 0) is 4.74 Å². The first-order valence-electron chi connectivity index (χ1n) is 5.00. The Morgan fingerprint density at radius 2 is 1.92 bits per heavy atom. The molecule has 0 aromatic heterocycles. The molecule has 3 nitrogen and oxygen atoms in total. The zero-order valence-corrected chi connectivity index (χ0v) is 8.68. The summed E-state index contributed by atoms with van der Waals surface area (Å²) in [5.74, 6) is 0. The summed E-state index contributed by atoms with van der Waals surface area (Å²) in [7, 11) is 0. The minimum atomic E-state index is 0.686. The fourth-order valence-electron chi connectivity index (χ4n) is 1.90. The highest BCUT2D eigenvalue weighted by Gasteiger charge is 2.21.